The van der Waals surface area contributed by atoms with Gasteiger partial charge in [0.25, 0.3) is 0 Å². The van der Waals surface area contributed by atoms with Gasteiger partial charge in [-0.1, -0.05) is 6.08 Å². The average molecular weight is 242 g/mol. The Morgan fingerprint density at radius 2 is 2.06 bits per heavy atom. The van der Waals surface area contributed by atoms with Gasteiger partial charge in [0.05, 0.1) is 12.2 Å². The molecule has 0 heterocycles. The lowest BCUT2D eigenvalue weighted by Crippen LogP contribution is -2.31. The van der Waals surface area contributed by atoms with Crippen molar-refractivity contribution in [2.45, 2.75) is 51.7 Å². The van der Waals surface area contributed by atoms with Crippen molar-refractivity contribution in [1.82, 2.24) is 0 Å². The number of carbonyl (C=O) groups excluding carboxylic acids is 1. The van der Waals surface area contributed by atoms with Gasteiger partial charge in [0.15, 0.2) is 0 Å². The fourth-order valence-electron chi connectivity index (χ4n) is 2.10. The zero-order valence-corrected chi connectivity index (χ0v) is 10.6. The van der Waals surface area contributed by atoms with Crippen molar-refractivity contribution < 1.29 is 19.7 Å². The fraction of sp³-hybridized carbons (Fsp3) is 0.769. The molecule has 1 fully saturated rings. The van der Waals surface area contributed by atoms with Crippen LogP contribution >= 0.6 is 0 Å². The fourth-order valence-corrected chi connectivity index (χ4v) is 2.10. The van der Waals surface area contributed by atoms with Crippen LogP contribution in [0.5, 0.6) is 0 Å². The quantitative estimate of drug-likeness (QED) is 0.578. The van der Waals surface area contributed by atoms with Gasteiger partial charge in [0, 0.05) is 6.92 Å². The van der Waals surface area contributed by atoms with E-state index in [0.29, 0.717) is 25.9 Å². The van der Waals surface area contributed by atoms with Gasteiger partial charge < -0.3 is 14.9 Å². The molecule has 0 aromatic rings. The Morgan fingerprint density at radius 1 is 1.35 bits per heavy atom. The van der Waals surface area contributed by atoms with Gasteiger partial charge in [-0.05, 0) is 44.1 Å². The summed E-state index contributed by atoms with van der Waals surface area (Å²) in [4.78, 5) is 10.6. The molecule has 0 amide bonds. The van der Waals surface area contributed by atoms with E-state index < -0.39 is 0 Å². The molecule has 1 aliphatic carbocycles. The van der Waals surface area contributed by atoms with Gasteiger partial charge >= 0.3 is 5.97 Å². The lowest BCUT2D eigenvalue weighted by molar-refractivity contribution is -0.139. The number of aliphatic hydroxyl groups is 2. The third-order valence-electron chi connectivity index (χ3n) is 3.19. The number of hydrogen-bond donors (Lipinski definition) is 2. The molecule has 3 unspecified atom stereocenters. The highest BCUT2D eigenvalue weighted by atomic mass is 16.5. The summed E-state index contributed by atoms with van der Waals surface area (Å²) in [7, 11) is 0. The van der Waals surface area contributed by atoms with Gasteiger partial charge in [0.2, 0.25) is 0 Å². The molecule has 1 rings (SSSR count). The summed E-state index contributed by atoms with van der Waals surface area (Å²) in [6, 6.07) is 0. The van der Waals surface area contributed by atoms with E-state index in [1.807, 2.05) is 13.0 Å². The van der Waals surface area contributed by atoms with Crippen molar-refractivity contribution in [3.63, 3.8) is 0 Å². The first-order chi connectivity index (χ1) is 7.99. The minimum Gasteiger partial charge on any atom is -0.461 e. The maximum atomic E-state index is 10.6. The topological polar surface area (TPSA) is 66.8 Å². The van der Waals surface area contributed by atoms with Crippen LogP contribution in [0.3, 0.4) is 0 Å². The first kappa shape index (κ1) is 14.2. The smallest absolute Gasteiger partial charge is 0.302 e. The van der Waals surface area contributed by atoms with Crippen molar-refractivity contribution in [1.29, 1.82) is 0 Å². The van der Waals surface area contributed by atoms with Gasteiger partial charge in [-0.2, -0.15) is 0 Å². The summed E-state index contributed by atoms with van der Waals surface area (Å²) in [6.07, 6.45) is 4.11. The molecule has 4 nitrogen and oxygen atoms in total. The number of aliphatic hydroxyl groups excluding tert-OH is 2. The third-order valence-corrected chi connectivity index (χ3v) is 3.19. The standard InChI is InChI=1S/C13H22O4/c1-9(8-17-10(2)14)3-4-11-7-12(15)5-6-13(11)16/h3,11-13,15-16H,4-8H2,1-2H3. The summed E-state index contributed by atoms with van der Waals surface area (Å²) in [5.74, 6) is -0.170. The minimum absolute atomic E-state index is 0.117. The summed E-state index contributed by atoms with van der Waals surface area (Å²) >= 11 is 0. The molecule has 17 heavy (non-hydrogen) atoms. The molecule has 3 atom stereocenters. The average Bonchev–Trinajstić information content (AvgIpc) is 2.27. The second-order valence-electron chi connectivity index (χ2n) is 4.86. The number of ether oxygens (including phenoxy) is 1. The highest BCUT2D eigenvalue weighted by Crippen LogP contribution is 2.28. The second kappa shape index (κ2) is 6.77. The van der Waals surface area contributed by atoms with Crippen molar-refractivity contribution in [3.05, 3.63) is 11.6 Å². The predicted octanol–water partition coefficient (Wildman–Crippen LogP) is 1.41. The van der Waals surface area contributed by atoms with E-state index in [1.165, 1.54) is 6.92 Å². The zero-order valence-electron chi connectivity index (χ0n) is 10.6. The van der Waals surface area contributed by atoms with Crippen LogP contribution in [0.4, 0.5) is 0 Å². The number of allylic oxidation sites excluding steroid dienone is 1. The van der Waals surface area contributed by atoms with Crippen LogP contribution in [0.2, 0.25) is 0 Å². The molecule has 1 aliphatic rings. The lowest BCUT2D eigenvalue weighted by atomic mass is 9.82. The lowest BCUT2D eigenvalue weighted by Gasteiger charge is -2.30. The zero-order chi connectivity index (χ0) is 12.8. The van der Waals surface area contributed by atoms with Crippen LogP contribution in [0.25, 0.3) is 0 Å². The van der Waals surface area contributed by atoms with Crippen LogP contribution in [0.1, 0.15) is 39.5 Å². The number of carbonyl (C=O) groups is 1. The van der Waals surface area contributed by atoms with Crippen molar-refractivity contribution in [3.8, 4) is 0 Å². The molecule has 0 aliphatic heterocycles. The van der Waals surface area contributed by atoms with Gasteiger partial charge in [-0.15, -0.1) is 0 Å². The Balaban J connectivity index is 2.36. The van der Waals surface area contributed by atoms with Crippen molar-refractivity contribution in [2.24, 2.45) is 5.92 Å². The Bertz CT molecular complexity index is 285. The molecule has 0 aromatic heterocycles. The highest BCUT2D eigenvalue weighted by Gasteiger charge is 2.27. The van der Waals surface area contributed by atoms with Crippen LogP contribution < -0.4 is 0 Å². The van der Waals surface area contributed by atoms with Crippen LogP contribution in [-0.2, 0) is 9.53 Å². The molecule has 0 bridgehead atoms. The van der Waals surface area contributed by atoms with Crippen molar-refractivity contribution in [2.75, 3.05) is 6.61 Å². The van der Waals surface area contributed by atoms with E-state index in [1.54, 1.807) is 0 Å². The van der Waals surface area contributed by atoms with Crippen molar-refractivity contribution >= 4 is 5.97 Å². The minimum atomic E-state index is -0.323. The maximum absolute atomic E-state index is 10.6. The van der Waals surface area contributed by atoms with E-state index in [4.69, 9.17) is 4.74 Å². The van der Waals surface area contributed by atoms with E-state index in [-0.39, 0.29) is 24.1 Å². The summed E-state index contributed by atoms with van der Waals surface area (Å²) in [5, 5.41) is 19.3. The van der Waals surface area contributed by atoms with Gasteiger partial charge in [0.1, 0.15) is 6.61 Å². The first-order valence-corrected chi connectivity index (χ1v) is 6.14. The molecule has 0 radical (unpaired) electrons. The molecule has 1 saturated carbocycles. The van der Waals surface area contributed by atoms with E-state index in [0.717, 1.165) is 12.0 Å². The number of hydrogen-bond acceptors (Lipinski definition) is 4. The number of rotatable bonds is 4. The Hall–Kier alpha value is -0.870. The molecular formula is C13H22O4. The van der Waals surface area contributed by atoms with E-state index >= 15 is 0 Å². The summed E-state index contributed by atoms with van der Waals surface area (Å²) in [6.45, 7) is 3.59. The Morgan fingerprint density at radius 3 is 2.71 bits per heavy atom. The highest BCUT2D eigenvalue weighted by molar-refractivity contribution is 5.66. The Kier molecular flexibility index (Phi) is 5.65. The largest absolute Gasteiger partial charge is 0.461 e. The molecule has 98 valence electrons. The van der Waals surface area contributed by atoms with Gasteiger partial charge in [-0.3, -0.25) is 4.79 Å². The molecule has 2 N–H and O–H groups in total. The SMILES string of the molecule is CC(=O)OCC(C)=CCC1CC(O)CCC1O. The second-order valence-corrected chi connectivity index (χ2v) is 4.86. The monoisotopic (exact) mass is 242 g/mol. The van der Waals surface area contributed by atoms with Crippen LogP contribution in [0, 0.1) is 5.92 Å². The maximum Gasteiger partial charge on any atom is 0.302 e. The molecule has 0 saturated heterocycles. The first-order valence-electron chi connectivity index (χ1n) is 6.14. The molecule has 0 aromatic carbocycles. The Labute approximate surface area is 102 Å². The van der Waals surface area contributed by atoms with Crippen LogP contribution in [-0.4, -0.2) is 35.0 Å². The molecule has 0 spiro atoms. The summed E-state index contributed by atoms with van der Waals surface area (Å²) in [5.41, 5.74) is 0.979. The molecular weight excluding hydrogens is 220 g/mol. The van der Waals surface area contributed by atoms with Gasteiger partial charge in [-0.25, -0.2) is 0 Å². The normalized spacial score (nSPS) is 30.1. The summed E-state index contributed by atoms with van der Waals surface area (Å²) < 4.78 is 4.87. The number of esters is 1. The van der Waals surface area contributed by atoms with Crippen LogP contribution in [0.15, 0.2) is 11.6 Å². The van der Waals surface area contributed by atoms with E-state index in [9.17, 15) is 15.0 Å². The predicted molar refractivity (Wildman–Crippen MR) is 64.4 cm³/mol. The molecule has 4 heteroatoms. The third kappa shape index (κ3) is 5.33. The van der Waals surface area contributed by atoms with E-state index in [2.05, 4.69) is 0 Å².